The Labute approximate surface area is 187 Å². The smallest absolute Gasteiger partial charge is 0.253 e. The summed E-state index contributed by atoms with van der Waals surface area (Å²) in [4.78, 5) is 32.7. The van der Waals surface area contributed by atoms with E-state index in [2.05, 4.69) is 19.2 Å². The number of hydrogen-bond donors (Lipinski definition) is 1. The van der Waals surface area contributed by atoms with Gasteiger partial charge in [-0.2, -0.15) is 0 Å². The molecule has 2 amide bonds. The lowest BCUT2D eigenvalue weighted by atomic mass is 10.0. The minimum Gasteiger partial charge on any atom is -0.376 e. The molecule has 2 atom stereocenters. The Hall–Kier alpha value is -3.19. The highest BCUT2D eigenvalue weighted by atomic mass is 16.5. The zero-order chi connectivity index (χ0) is 22.2. The molecule has 166 valence electrons. The van der Waals surface area contributed by atoms with Gasteiger partial charge in [-0.15, -0.1) is 0 Å². The van der Waals surface area contributed by atoms with E-state index in [9.17, 15) is 9.59 Å². The number of para-hydroxylation sites is 2. The zero-order valence-corrected chi connectivity index (χ0v) is 18.5. The predicted octanol–water partition coefficient (Wildman–Crippen LogP) is 4.26. The second kappa shape index (κ2) is 8.39. The fourth-order valence-corrected chi connectivity index (χ4v) is 4.60. The summed E-state index contributed by atoms with van der Waals surface area (Å²) in [6.45, 7) is 5.46. The van der Waals surface area contributed by atoms with Crippen LogP contribution < -0.4 is 10.2 Å². The molecule has 2 aliphatic heterocycles. The van der Waals surface area contributed by atoms with Gasteiger partial charge in [0.15, 0.2) is 0 Å². The first-order valence-corrected chi connectivity index (χ1v) is 11.3. The number of aromatic nitrogens is 2. The largest absolute Gasteiger partial charge is 0.376 e. The summed E-state index contributed by atoms with van der Waals surface area (Å²) in [5.74, 6) is 0.742. The van der Waals surface area contributed by atoms with Crippen LogP contribution in [-0.2, 0) is 14.3 Å². The Kier molecular flexibility index (Phi) is 5.43. The summed E-state index contributed by atoms with van der Waals surface area (Å²) in [5.41, 5.74) is 3.64. The Balaban J connectivity index is 1.39. The number of hydrogen-bond acceptors (Lipinski definition) is 4. The minimum absolute atomic E-state index is 0.0132. The monoisotopic (exact) mass is 432 g/mol. The van der Waals surface area contributed by atoms with Crippen molar-refractivity contribution < 1.29 is 14.3 Å². The number of nitrogens with zero attached hydrogens (tertiary/aromatic N) is 3. The SMILES string of the molecule is CC(C)c1ccc(NC(=O)C[C@@H]2C(=O)N(C[C@@H]3CCCO3)c3nc4ccccc4n32)cc1. The molecule has 2 aliphatic rings. The average molecular weight is 433 g/mol. The van der Waals surface area contributed by atoms with E-state index in [1.807, 2.05) is 53.1 Å². The van der Waals surface area contributed by atoms with Gasteiger partial charge >= 0.3 is 0 Å². The fraction of sp³-hybridized carbons (Fsp3) is 0.400. The third kappa shape index (κ3) is 3.77. The standard InChI is InChI=1S/C25H28N4O3/c1-16(2)17-9-11-18(12-10-17)26-23(30)14-22-24(31)28(15-19-6-5-13-32-19)25-27-20-7-3-4-8-21(20)29(22)25/h3-4,7-12,16,19,22H,5-6,13-15H2,1-2H3,(H,26,30)/t19-,22+/m0/s1. The van der Waals surface area contributed by atoms with Crippen molar-refractivity contribution in [2.24, 2.45) is 0 Å². The number of rotatable bonds is 6. The van der Waals surface area contributed by atoms with E-state index >= 15 is 0 Å². The Morgan fingerprint density at radius 2 is 1.97 bits per heavy atom. The molecule has 3 aromatic rings. The molecular formula is C25H28N4O3. The average Bonchev–Trinajstić information content (AvgIpc) is 3.48. The van der Waals surface area contributed by atoms with E-state index in [0.717, 1.165) is 36.2 Å². The molecule has 7 heteroatoms. The number of nitrogens with one attached hydrogen (secondary N) is 1. The van der Waals surface area contributed by atoms with Crippen molar-refractivity contribution in [3.8, 4) is 0 Å². The lowest BCUT2D eigenvalue weighted by molar-refractivity contribution is -0.124. The number of fused-ring (bicyclic) bond motifs is 3. The van der Waals surface area contributed by atoms with Gasteiger partial charge < -0.3 is 10.1 Å². The molecule has 2 aromatic carbocycles. The van der Waals surface area contributed by atoms with Gasteiger partial charge in [0.1, 0.15) is 6.04 Å². The van der Waals surface area contributed by atoms with Crippen molar-refractivity contribution in [1.82, 2.24) is 9.55 Å². The van der Waals surface area contributed by atoms with Crippen LogP contribution in [-0.4, -0.2) is 40.6 Å². The molecule has 3 heterocycles. The summed E-state index contributed by atoms with van der Waals surface area (Å²) in [7, 11) is 0. The summed E-state index contributed by atoms with van der Waals surface area (Å²) >= 11 is 0. The van der Waals surface area contributed by atoms with Gasteiger partial charge in [0, 0.05) is 12.3 Å². The maximum Gasteiger partial charge on any atom is 0.253 e. The van der Waals surface area contributed by atoms with Crippen LogP contribution >= 0.6 is 0 Å². The van der Waals surface area contributed by atoms with Gasteiger partial charge in [-0.3, -0.25) is 19.1 Å². The number of benzene rings is 2. The topological polar surface area (TPSA) is 76.5 Å². The molecule has 1 fully saturated rings. The van der Waals surface area contributed by atoms with Crippen LogP contribution in [0.4, 0.5) is 11.6 Å². The number of ether oxygens (including phenoxy) is 1. The van der Waals surface area contributed by atoms with Gasteiger partial charge in [0.05, 0.1) is 30.1 Å². The van der Waals surface area contributed by atoms with Gasteiger partial charge in [-0.25, -0.2) is 4.98 Å². The lowest BCUT2D eigenvalue weighted by Crippen LogP contribution is -2.37. The number of imidazole rings is 1. The van der Waals surface area contributed by atoms with Gasteiger partial charge in [-0.1, -0.05) is 38.1 Å². The van der Waals surface area contributed by atoms with E-state index in [1.165, 1.54) is 5.56 Å². The predicted molar refractivity (Wildman–Crippen MR) is 124 cm³/mol. The molecular weight excluding hydrogens is 404 g/mol. The summed E-state index contributed by atoms with van der Waals surface area (Å²) in [5, 5.41) is 2.95. The van der Waals surface area contributed by atoms with Crippen molar-refractivity contribution in [2.45, 2.75) is 51.2 Å². The van der Waals surface area contributed by atoms with Gasteiger partial charge in [0.2, 0.25) is 11.9 Å². The first kappa shape index (κ1) is 20.7. The highest BCUT2D eigenvalue weighted by Gasteiger charge is 2.42. The van der Waals surface area contributed by atoms with Crippen molar-refractivity contribution in [3.63, 3.8) is 0 Å². The summed E-state index contributed by atoms with van der Waals surface area (Å²) < 4.78 is 7.67. The van der Waals surface area contributed by atoms with E-state index in [4.69, 9.17) is 9.72 Å². The van der Waals surface area contributed by atoms with E-state index in [0.29, 0.717) is 18.4 Å². The van der Waals surface area contributed by atoms with Crippen LogP contribution in [0.3, 0.4) is 0 Å². The number of carbonyl (C=O) groups is 2. The molecule has 0 saturated carbocycles. The quantitative estimate of drug-likeness (QED) is 0.632. The highest BCUT2D eigenvalue weighted by molar-refractivity contribution is 6.05. The summed E-state index contributed by atoms with van der Waals surface area (Å²) in [6, 6.07) is 15.0. The Morgan fingerprint density at radius 1 is 1.19 bits per heavy atom. The first-order valence-electron chi connectivity index (χ1n) is 11.3. The van der Waals surface area contributed by atoms with Crippen LogP contribution in [0.5, 0.6) is 0 Å². The minimum atomic E-state index is -0.617. The second-order valence-corrected chi connectivity index (χ2v) is 8.90. The third-order valence-electron chi connectivity index (χ3n) is 6.33. The molecule has 0 bridgehead atoms. The highest BCUT2D eigenvalue weighted by Crippen LogP contribution is 2.37. The normalized spacial score (nSPS) is 20.3. The van der Waals surface area contributed by atoms with Crippen LogP contribution in [0.15, 0.2) is 48.5 Å². The lowest BCUT2D eigenvalue weighted by Gasteiger charge is -2.19. The molecule has 7 nitrogen and oxygen atoms in total. The van der Waals surface area contributed by atoms with E-state index in [-0.39, 0.29) is 24.3 Å². The Morgan fingerprint density at radius 3 is 2.69 bits per heavy atom. The number of anilines is 2. The number of carbonyl (C=O) groups excluding carboxylic acids is 2. The molecule has 1 aromatic heterocycles. The van der Waals surface area contributed by atoms with E-state index in [1.54, 1.807) is 4.90 Å². The zero-order valence-electron chi connectivity index (χ0n) is 18.5. The molecule has 0 unspecified atom stereocenters. The van der Waals surface area contributed by atoms with Gasteiger partial charge in [-0.05, 0) is 48.6 Å². The van der Waals surface area contributed by atoms with Crippen LogP contribution in [0.2, 0.25) is 0 Å². The molecule has 0 radical (unpaired) electrons. The van der Waals surface area contributed by atoms with Crippen LogP contribution in [0.1, 0.15) is 50.6 Å². The first-order chi connectivity index (χ1) is 15.5. The van der Waals surface area contributed by atoms with Crippen LogP contribution in [0, 0.1) is 0 Å². The molecule has 0 spiro atoms. The van der Waals surface area contributed by atoms with Crippen LogP contribution in [0.25, 0.3) is 11.0 Å². The molecule has 5 rings (SSSR count). The van der Waals surface area contributed by atoms with Gasteiger partial charge in [0.25, 0.3) is 5.91 Å². The molecule has 32 heavy (non-hydrogen) atoms. The van der Waals surface area contributed by atoms with Crippen molar-refractivity contribution in [2.75, 3.05) is 23.4 Å². The number of amides is 2. The van der Waals surface area contributed by atoms with E-state index < -0.39 is 6.04 Å². The maximum atomic E-state index is 13.4. The van der Waals surface area contributed by atoms with Crippen molar-refractivity contribution >= 4 is 34.5 Å². The molecule has 1 saturated heterocycles. The second-order valence-electron chi connectivity index (χ2n) is 8.90. The molecule has 0 aliphatic carbocycles. The summed E-state index contributed by atoms with van der Waals surface area (Å²) in [6.07, 6.45) is 2.01. The fourth-order valence-electron chi connectivity index (χ4n) is 4.60. The third-order valence-corrected chi connectivity index (χ3v) is 6.33. The van der Waals surface area contributed by atoms with Crippen molar-refractivity contribution in [1.29, 1.82) is 0 Å². The Bertz CT molecular complexity index is 1150. The molecule has 1 N–H and O–H groups in total. The van der Waals surface area contributed by atoms with Crippen molar-refractivity contribution in [3.05, 3.63) is 54.1 Å². The maximum absolute atomic E-state index is 13.4.